The van der Waals surface area contributed by atoms with E-state index in [-0.39, 0.29) is 12.1 Å². The first-order valence-corrected chi connectivity index (χ1v) is 24.2. The molecule has 10 aromatic rings. The van der Waals surface area contributed by atoms with Crippen LogP contribution in [0, 0.1) is 0 Å². The van der Waals surface area contributed by atoms with E-state index in [0.717, 1.165) is 28.4 Å². The van der Waals surface area contributed by atoms with E-state index in [2.05, 4.69) is 284 Å². The van der Waals surface area contributed by atoms with Crippen molar-refractivity contribution in [2.75, 3.05) is 14.7 Å². The van der Waals surface area contributed by atoms with E-state index in [1.54, 1.807) is 0 Å². The average molecular weight is 884 g/mol. The Bertz CT molecular complexity index is 3470. The predicted molar refractivity (Wildman–Crippen MR) is 291 cm³/mol. The molecular weight excluding hydrogens is 834 g/mol. The molecule has 69 heavy (non-hydrogen) atoms. The summed E-state index contributed by atoms with van der Waals surface area (Å²) in [6, 6.07) is 92.4. The Morgan fingerprint density at radius 3 is 1.51 bits per heavy atom. The number of benzene rings is 10. The summed E-state index contributed by atoms with van der Waals surface area (Å²) in [7, 11) is 0. The summed E-state index contributed by atoms with van der Waals surface area (Å²) in [6.45, 7) is 7.02. The number of hydrogen-bond donors (Lipinski definition) is 0. The van der Waals surface area contributed by atoms with Gasteiger partial charge in [0.2, 0.25) is 0 Å². The summed E-state index contributed by atoms with van der Waals surface area (Å²) < 4.78 is 0. The molecule has 0 saturated heterocycles. The minimum Gasteiger partial charge on any atom is -0.311 e. The van der Waals surface area contributed by atoms with E-state index < -0.39 is 5.41 Å². The van der Waals surface area contributed by atoms with Crippen LogP contribution < -0.4 is 31.1 Å². The second kappa shape index (κ2) is 15.9. The van der Waals surface area contributed by atoms with Crippen molar-refractivity contribution in [3.05, 3.63) is 277 Å². The van der Waals surface area contributed by atoms with Gasteiger partial charge in [0.25, 0.3) is 6.71 Å². The number of fused-ring (bicyclic) bond motifs is 7. The van der Waals surface area contributed by atoms with Crippen LogP contribution in [-0.2, 0) is 10.8 Å². The maximum absolute atomic E-state index is 2.58. The fourth-order valence-electron chi connectivity index (χ4n) is 11.8. The molecule has 2 aliphatic heterocycles. The van der Waals surface area contributed by atoms with Crippen molar-refractivity contribution in [2.24, 2.45) is 0 Å². The predicted octanol–water partition coefficient (Wildman–Crippen LogP) is 14.9. The van der Waals surface area contributed by atoms with Crippen LogP contribution in [0.4, 0.5) is 51.2 Å². The molecule has 1 aliphatic carbocycles. The normalized spacial score (nSPS) is 13.8. The van der Waals surface area contributed by atoms with Crippen molar-refractivity contribution in [1.29, 1.82) is 0 Å². The molecular formula is C65H50BN3. The Hall–Kier alpha value is -8.34. The van der Waals surface area contributed by atoms with E-state index in [4.69, 9.17) is 0 Å². The highest BCUT2D eigenvalue weighted by molar-refractivity contribution is 7.00. The first-order valence-electron chi connectivity index (χ1n) is 24.2. The Balaban J connectivity index is 1.08. The van der Waals surface area contributed by atoms with Gasteiger partial charge in [-0.05, 0) is 140 Å². The van der Waals surface area contributed by atoms with Crippen LogP contribution in [0.3, 0.4) is 0 Å². The molecule has 13 rings (SSSR count). The van der Waals surface area contributed by atoms with Gasteiger partial charge >= 0.3 is 0 Å². The zero-order chi connectivity index (χ0) is 46.3. The van der Waals surface area contributed by atoms with Gasteiger partial charge in [0.05, 0.1) is 5.41 Å². The van der Waals surface area contributed by atoms with Crippen LogP contribution in [-0.4, -0.2) is 6.71 Å². The lowest BCUT2D eigenvalue weighted by molar-refractivity contribution is 0.590. The Labute approximate surface area is 406 Å². The lowest BCUT2D eigenvalue weighted by Gasteiger charge is -2.45. The summed E-state index contributed by atoms with van der Waals surface area (Å²) in [4.78, 5) is 7.50. The maximum atomic E-state index is 2.58. The highest BCUT2D eigenvalue weighted by atomic mass is 15.2. The molecule has 0 unspecified atom stereocenters. The lowest BCUT2D eigenvalue weighted by atomic mass is 9.33. The molecule has 2 heterocycles. The monoisotopic (exact) mass is 883 g/mol. The summed E-state index contributed by atoms with van der Waals surface area (Å²) in [5.74, 6) is 0. The van der Waals surface area contributed by atoms with Crippen LogP contribution in [0.15, 0.2) is 249 Å². The molecule has 0 radical (unpaired) electrons. The van der Waals surface area contributed by atoms with Gasteiger partial charge in [-0.2, -0.15) is 0 Å². The second-order valence-electron chi connectivity index (χ2n) is 19.7. The van der Waals surface area contributed by atoms with Gasteiger partial charge in [-0.25, -0.2) is 0 Å². The summed E-state index contributed by atoms with van der Waals surface area (Å²) >= 11 is 0. The van der Waals surface area contributed by atoms with Crippen molar-refractivity contribution in [3.63, 3.8) is 0 Å². The second-order valence-corrected chi connectivity index (χ2v) is 19.7. The van der Waals surface area contributed by atoms with Gasteiger partial charge in [0, 0.05) is 51.2 Å². The number of para-hydroxylation sites is 4. The standard InChI is InChI=1S/C65H50BN3/c1-64(2,3)47-41-61-63-62(42-47)69(51-37-39-54-53-33-19-20-34-55(53)65(56(54)43-51,45-23-9-4-10-24-45)46-25-11-5-12-26-46)59-36-22-21-35-57(59)66(63)58-40-38-52(44-60(58)68(61)50-31-17-8-18-32-50)67(48-27-13-6-14-28-48)49-29-15-7-16-30-49/h4-44H,1-3H3. The summed E-state index contributed by atoms with van der Waals surface area (Å²) in [5, 5.41) is 0. The van der Waals surface area contributed by atoms with Crippen LogP contribution in [0.1, 0.15) is 48.6 Å². The molecule has 328 valence electrons. The van der Waals surface area contributed by atoms with E-state index in [0.29, 0.717) is 0 Å². The molecule has 0 fully saturated rings. The van der Waals surface area contributed by atoms with Crippen molar-refractivity contribution in [3.8, 4) is 11.1 Å². The van der Waals surface area contributed by atoms with Crippen molar-refractivity contribution >= 4 is 74.3 Å². The first-order chi connectivity index (χ1) is 33.9. The minimum absolute atomic E-state index is 0.0196. The SMILES string of the molecule is CC(C)(C)c1cc2c3c(c1)N(c1ccccc1)c1cc(N(c4ccccc4)c4ccccc4)ccc1B3c1ccccc1N2c1ccc2c(c1)C(c1ccccc1)(c1ccccc1)c1ccccc1-2. The zero-order valence-corrected chi connectivity index (χ0v) is 39.1. The first kappa shape index (κ1) is 40.9. The highest BCUT2D eigenvalue weighted by Gasteiger charge is 2.48. The Morgan fingerprint density at radius 1 is 0.377 bits per heavy atom. The van der Waals surface area contributed by atoms with Gasteiger partial charge in [0.15, 0.2) is 0 Å². The third kappa shape index (κ3) is 6.29. The van der Waals surface area contributed by atoms with Crippen molar-refractivity contribution in [2.45, 2.75) is 31.6 Å². The molecule has 0 atom stereocenters. The zero-order valence-electron chi connectivity index (χ0n) is 39.1. The van der Waals surface area contributed by atoms with Crippen LogP contribution in [0.2, 0.25) is 0 Å². The molecule has 0 saturated carbocycles. The average Bonchev–Trinajstić information content (AvgIpc) is 3.70. The molecule has 0 aromatic heterocycles. The van der Waals surface area contributed by atoms with E-state index in [1.807, 2.05) is 0 Å². The van der Waals surface area contributed by atoms with Crippen molar-refractivity contribution in [1.82, 2.24) is 0 Å². The van der Waals surface area contributed by atoms with Gasteiger partial charge in [-0.3, -0.25) is 0 Å². The molecule has 0 amide bonds. The topological polar surface area (TPSA) is 9.72 Å². The third-order valence-electron chi connectivity index (χ3n) is 14.8. The van der Waals surface area contributed by atoms with E-state index >= 15 is 0 Å². The van der Waals surface area contributed by atoms with E-state index in [1.165, 1.54) is 78.1 Å². The minimum atomic E-state index is -0.525. The lowest BCUT2D eigenvalue weighted by Crippen LogP contribution is -2.61. The smallest absolute Gasteiger partial charge is 0.252 e. The summed E-state index contributed by atoms with van der Waals surface area (Å²) in [5.41, 5.74) is 22.6. The largest absolute Gasteiger partial charge is 0.311 e. The fraction of sp³-hybridized carbons (Fsp3) is 0.0769. The highest BCUT2D eigenvalue weighted by Crippen LogP contribution is 2.58. The van der Waals surface area contributed by atoms with Gasteiger partial charge in [-0.1, -0.05) is 191 Å². The molecule has 3 nitrogen and oxygen atoms in total. The van der Waals surface area contributed by atoms with Gasteiger partial charge in [-0.15, -0.1) is 0 Å². The molecule has 0 bridgehead atoms. The number of nitrogens with zero attached hydrogens (tertiary/aromatic N) is 3. The van der Waals surface area contributed by atoms with Crippen LogP contribution in [0.25, 0.3) is 11.1 Å². The van der Waals surface area contributed by atoms with Gasteiger partial charge in [0.1, 0.15) is 0 Å². The Morgan fingerprint density at radius 2 is 0.884 bits per heavy atom. The van der Waals surface area contributed by atoms with Crippen LogP contribution >= 0.6 is 0 Å². The third-order valence-corrected chi connectivity index (χ3v) is 14.8. The van der Waals surface area contributed by atoms with Gasteiger partial charge < -0.3 is 14.7 Å². The van der Waals surface area contributed by atoms with E-state index in [9.17, 15) is 0 Å². The Kier molecular flexibility index (Phi) is 9.42. The number of rotatable bonds is 7. The maximum Gasteiger partial charge on any atom is 0.252 e. The fourth-order valence-corrected chi connectivity index (χ4v) is 11.8. The molecule has 4 heteroatoms. The van der Waals surface area contributed by atoms with Crippen molar-refractivity contribution < 1.29 is 0 Å². The molecule has 0 spiro atoms. The summed E-state index contributed by atoms with van der Waals surface area (Å²) in [6.07, 6.45) is 0. The molecule has 10 aromatic carbocycles. The number of anilines is 9. The molecule has 3 aliphatic rings. The molecule has 0 N–H and O–H groups in total. The number of hydrogen-bond acceptors (Lipinski definition) is 3. The quantitative estimate of drug-likeness (QED) is 0.148. The van der Waals surface area contributed by atoms with Crippen LogP contribution in [0.5, 0.6) is 0 Å².